The van der Waals surface area contributed by atoms with Gasteiger partial charge in [0.2, 0.25) is 0 Å². The van der Waals surface area contributed by atoms with Gasteiger partial charge in [-0.25, -0.2) is 0 Å². The van der Waals surface area contributed by atoms with Crippen LogP contribution in [-0.4, -0.2) is 43.0 Å². The molecule has 0 unspecified atom stereocenters. The molecule has 1 aliphatic rings. The lowest BCUT2D eigenvalue weighted by Crippen LogP contribution is -2.34. The summed E-state index contributed by atoms with van der Waals surface area (Å²) in [6, 6.07) is 0.542. The Hall–Kier alpha value is -0.930. The van der Waals surface area contributed by atoms with Crippen molar-refractivity contribution in [3.8, 4) is 0 Å². The second-order valence-electron chi connectivity index (χ2n) is 16.9. The van der Waals surface area contributed by atoms with Crippen LogP contribution in [-0.2, 0) is 9.53 Å². The van der Waals surface area contributed by atoms with Crippen molar-refractivity contribution in [3.63, 3.8) is 0 Å². The van der Waals surface area contributed by atoms with Crippen molar-refractivity contribution in [1.82, 2.24) is 4.90 Å². The van der Waals surface area contributed by atoms with Crippen molar-refractivity contribution >= 4 is 5.78 Å². The third-order valence-electron chi connectivity index (χ3n) is 11.6. The lowest BCUT2D eigenvalue weighted by atomic mass is 9.83. The van der Waals surface area contributed by atoms with Gasteiger partial charge in [-0.3, -0.25) is 9.69 Å². The molecule has 0 amide bonds. The number of ketones is 1. The van der Waals surface area contributed by atoms with E-state index >= 15 is 0 Å². The number of carbonyl (C=O) groups is 1. The Morgan fingerprint density at radius 3 is 1.88 bits per heavy atom. The minimum absolute atomic E-state index is 0.182. The first kappa shape index (κ1) is 47.1. The number of hydrogen-bond acceptors (Lipinski definition) is 3. The summed E-state index contributed by atoms with van der Waals surface area (Å²) in [6.45, 7) is 16.9. The number of rotatable bonds is 36. The zero-order valence-electron chi connectivity index (χ0n) is 34.9. The van der Waals surface area contributed by atoms with Crippen molar-refractivity contribution < 1.29 is 9.53 Å². The average Bonchev–Trinajstić information content (AvgIpc) is 3.49. The van der Waals surface area contributed by atoms with Crippen molar-refractivity contribution in [2.24, 2.45) is 17.3 Å². The molecule has 1 aliphatic heterocycles. The van der Waals surface area contributed by atoms with Crippen LogP contribution in [0.25, 0.3) is 0 Å². The maximum Gasteiger partial charge on any atom is 0.135 e. The SMILES string of the molecule is CCCCC=C[C@H]1C[C@@H](COCCCCCCCCC=CC(CCCCCCCC)CCCCCCCC)N(CCCCC(C)(C)C(C)=O)C1. The summed E-state index contributed by atoms with van der Waals surface area (Å²) in [5, 5.41) is 0. The van der Waals surface area contributed by atoms with Gasteiger partial charge in [0.25, 0.3) is 0 Å². The van der Waals surface area contributed by atoms with E-state index in [2.05, 4.69) is 63.8 Å². The smallest absolute Gasteiger partial charge is 0.135 e. The summed E-state index contributed by atoms with van der Waals surface area (Å²) in [5.41, 5.74) is -0.182. The van der Waals surface area contributed by atoms with E-state index < -0.39 is 0 Å². The monoisotopic (exact) mass is 700 g/mol. The lowest BCUT2D eigenvalue weighted by Gasteiger charge is -2.25. The first-order valence-corrected chi connectivity index (χ1v) is 22.5. The molecular weight excluding hydrogens is 611 g/mol. The van der Waals surface area contributed by atoms with Crippen LogP contribution >= 0.6 is 0 Å². The molecule has 0 aromatic rings. The van der Waals surface area contributed by atoms with E-state index in [9.17, 15) is 4.79 Å². The summed E-state index contributed by atoms with van der Waals surface area (Å²) in [6.07, 6.45) is 47.4. The van der Waals surface area contributed by atoms with Crippen LogP contribution in [0.3, 0.4) is 0 Å². The highest BCUT2D eigenvalue weighted by Crippen LogP contribution is 2.28. The Kier molecular flexibility index (Phi) is 30.8. The number of allylic oxidation sites excluding steroid dienone is 3. The molecule has 0 aromatic carbocycles. The Morgan fingerprint density at radius 1 is 0.700 bits per heavy atom. The first-order valence-electron chi connectivity index (χ1n) is 22.5. The van der Waals surface area contributed by atoms with Crippen LogP contribution in [0.2, 0.25) is 0 Å². The molecule has 3 heteroatoms. The molecule has 0 N–H and O–H groups in total. The molecular formula is C47H89NO2. The summed E-state index contributed by atoms with van der Waals surface area (Å²) >= 11 is 0. The number of ether oxygens (including phenoxy) is 1. The number of likely N-dealkylation sites (tertiary alicyclic amines) is 1. The number of unbranched alkanes of at least 4 members (excludes halogenated alkanes) is 19. The fraction of sp³-hybridized carbons (Fsp3) is 0.894. The van der Waals surface area contributed by atoms with Gasteiger partial charge in [-0.2, -0.15) is 0 Å². The second-order valence-corrected chi connectivity index (χ2v) is 16.9. The van der Waals surface area contributed by atoms with Gasteiger partial charge in [-0.05, 0) is 83.1 Å². The molecule has 1 rings (SSSR count). The predicted octanol–water partition coefficient (Wildman–Crippen LogP) is 14.6. The molecule has 1 fully saturated rings. The minimum atomic E-state index is -0.182. The zero-order chi connectivity index (χ0) is 36.5. The molecule has 1 heterocycles. The van der Waals surface area contributed by atoms with Crippen LogP contribution in [0.1, 0.15) is 221 Å². The molecule has 0 saturated carbocycles. The van der Waals surface area contributed by atoms with Crippen molar-refractivity contribution in [3.05, 3.63) is 24.3 Å². The third-order valence-corrected chi connectivity index (χ3v) is 11.6. The normalized spacial score (nSPS) is 17.3. The largest absolute Gasteiger partial charge is 0.380 e. The summed E-state index contributed by atoms with van der Waals surface area (Å²) in [7, 11) is 0. The molecule has 1 saturated heterocycles. The van der Waals surface area contributed by atoms with Crippen LogP contribution in [0, 0.1) is 17.3 Å². The van der Waals surface area contributed by atoms with E-state index in [0.29, 0.717) is 17.7 Å². The average molecular weight is 700 g/mol. The van der Waals surface area contributed by atoms with Gasteiger partial charge in [0, 0.05) is 24.6 Å². The van der Waals surface area contributed by atoms with Gasteiger partial charge in [-0.1, -0.05) is 181 Å². The molecule has 0 aromatic heterocycles. The number of hydrogen-bond donors (Lipinski definition) is 0. The minimum Gasteiger partial charge on any atom is -0.380 e. The second kappa shape index (κ2) is 32.7. The molecule has 294 valence electrons. The molecule has 3 nitrogen and oxygen atoms in total. The van der Waals surface area contributed by atoms with E-state index in [4.69, 9.17) is 4.74 Å². The van der Waals surface area contributed by atoms with Gasteiger partial charge in [-0.15, -0.1) is 0 Å². The highest BCUT2D eigenvalue weighted by molar-refractivity contribution is 5.81. The Balaban J connectivity index is 2.26. The summed E-state index contributed by atoms with van der Waals surface area (Å²) in [4.78, 5) is 14.6. The van der Waals surface area contributed by atoms with Gasteiger partial charge in [0.05, 0.1) is 6.61 Å². The molecule has 0 radical (unpaired) electrons. The summed E-state index contributed by atoms with van der Waals surface area (Å²) in [5.74, 6) is 1.80. The van der Waals surface area contributed by atoms with Gasteiger partial charge in [0.15, 0.2) is 0 Å². The maximum atomic E-state index is 11.9. The lowest BCUT2D eigenvalue weighted by molar-refractivity contribution is -0.125. The molecule has 0 spiro atoms. The first-order chi connectivity index (χ1) is 24.3. The standard InChI is InChI=1S/C47H89NO2/c1-7-10-13-16-22-27-33-44(34-28-23-17-14-11-8-2)35-29-24-20-18-19-21-25-32-39-50-42-46-40-45(36-26-15-12-9-3)41-48(46)38-31-30-37-47(5,6)43(4)49/h26,29,35-36,44-46H,7-25,27-28,30-34,37-42H2,1-6H3/t45-,46-/m0/s1. The number of nitrogens with zero attached hydrogens (tertiary/aromatic N) is 1. The van der Waals surface area contributed by atoms with Gasteiger partial charge >= 0.3 is 0 Å². The van der Waals surface area contributed by atoms with E-state index in [-0.39, 0.29) is 5.41 Å². The fourth-order valence-electron chi connectivity index (χ4n) is 7.67. The zero-order valence-corrected chi connectivity index (χ0v) is 34.9. The van der Waals surface area contributed by atoms with Crippen LogP contribution in [0.4, 0.5) is 0 Å². The van der Waals surface area contributed by atoms with Crippen molar-refractivity contribution in [2.45, 2.75) is 227 Å². The van der Waals surface area contributed by atoms with Crippen molar-refractivity contribution in [2.75, 3.05) is 26.3 Å². The van der Waals surface area contributed by atoms with E-state index in [1.165, 1.54) is 173 Å². The Bertz CT molecular complexity index is 800. The van der Waals surface area contributed by atoms with E-state index in [1.54, 1.807) is 6.92 Å². The highest BCUT2D eigenvalue weighted by Gasteiger charge is 2.30. The van der Waals surface area contributed by atoms with Gasteiger partial charge in [0.1, 0.15) is 5.78 Å². The Morgan fingerprint density at radius 2 is 1.26 bits per heavy atom. The van der Waals surface area contributed by atoms with Crippen molar-refractivity contribution in [1.29, 1.82) is 0 Å². The molecule has 0 aliphatic carbocycles. The highest BCUT2D eigenvalue weighted by atomic mass is 16.5. The maximum absolute atomic E-state index is 11.9. The predicted molar refractivity (Wildman–Crippen MR) is 222 cm³/mol. The topological polar surface area (TPSA) is 29.5 Å². The summed E-state index contributed by atoms with van der Waals surface area (Å²) < 4.78 is 6.30. The van der Waals surface area contributed by atoms with Crippen LogP contribution in [0.5, 0.6) is 0 Å². The third kappa shape index (κ3) is 25.9. The molecule has 2 atom stereocenters. The van der Waals surface area contributed by atoms with Crippen LogP contribution < -0.4 is 0 Å². The quantitative estimate of drug-likeness (QED) is 0.0481. The molecule has 0 bridgehead atoms. The van der Waals surface area contributed by atoms with Crippen LogP contribution in [0.15, 0.2) is 24.3 Å². The fourth-order valence-corrected chi connectivity index (χ4v) is 7.67. The Labute approximate surface area is 314 Å². The van der Waals surface area contributed by atoms with Gasteiger partial charge < -0.3 is 4.74 Å². The van der Waals surface area contributed by atoms with E-state index in [0.717, 1.165) is 38.5 Å². The number of carbonyl (C=O) groups excluding carboxylic acids is 1. The van der Waals surface area contributed by atoms with E-state index in [1.807, 2.05) is 0 Å². The molecule has 50 heavy (non-hydrogen) atoms. The number of Topliss-reactive ketones (excluding diaryl/α,β-unsaturated/α-hetero) is 1.